The fraction of sp³-hybridized carbons (Fsp3) is 0.733. The number of hydrogen-bond donors (Lipinski definition) is 1. The van der Waals surface area contributed by atoms with Crippen molar-refractivity contribution in [3.8, 4) is 0 Å². The molecule has 0 saturated carbocycles. The second-order valence-electron chi connectivity index (χ2n) is 5.96. The molecule has 1 aromatic rings. The molecule has 1 N–H and O–H groups in total. The normalized spacial score (nSPS) is 18.7. The molecule has 0 spiro atoms. The average Bonchev–Trinajstić information content (AvgIpc) is 2.39. The minimum atomic E-state index is 0.408. The Balaban J connectivity index is 1.95. The molecule has 1 saturated heterocycles. The molecule has 1 unspecified atom stereocenters. The zero-order valence-electron chi connectivity index (χ0n) is 12.4. The zero-order valence-corrected chi connectivity index (χ0v) is 12.4. The van der Waals surface area contributed by atoms with Crippen LogP contribution in [-0.4, -0.2) is 47.6 Å². The van der Waals surface area contributed by atoms with Gasteiger partial charge in [-0.2, -0.15) is 0 Å². The molecule has 2 heterocycles. The third-order valence-electron chi connectivity index (χ3n) is 3.53. The summed E-state index contributed by atoms with van der Waals surface area (Å²) in [6.07, 6.45) is 2.95. The second kappa shape index (κ2) is 6.96. The van der Waals surface area contributed by atoms with Crippen molar-refractivity contribution in [2.24, 2.45) is 5.92 Å². The number of hydrogen-bond acceptors (Lipinski definition) is 4. The molecule has 19 heavy (non-hydrogen) atoms. The lowest BCUT2D eigenvalue weighted by Gasteiger charge is -2.29. The van der Waals surface area contributed by atoms with Crippen molar-refractivity contribution in [3.63, 3.8) is 0 Å². The predicted molar refractivity (Wildman–Crippen MR) is 78.3 cm³/mol. The quantitative estimate of drug-likeness (QED) is 0.876. The molecule has 1 atom stereocenters. The fourth-order valence-electron chi connectivity index (χ4n) is 2.55. The van der Waals surface area contributed by atoms with Crippen molar-refractivity contribution < 1.29 is 0 Å². The van der Waals surface area contributed by atoms with Gasteiger partial charge in [-0.1, -0.05) is 20.8 Å². The Labute approximate surface area is 116 Å². The van der Waals surface area contributed by atoms with Crippen molar-refractivity contribution in [2.75, 3.05) is 32.7 Å². The van der Waals surface area contributed by atoms with E-state index in [0.717, 1.165) is 45.0 Å². The summed E-state index contributed by atoms with van der Waals surface area (Å²) in [7, 11) is 0. The molecule has 106 valence electrons. The van der Waals surface area contributed by atoms with E-state index in [1.54, 1.807) is 0 Å². The summed E-state index contributed by atoms with van der Waals surface area (Å²) in [6, 6.07) is 2.04. The van der Waals surface area contributed by atoms with E-state index < -0.39 is 0 Å². The first-order valence-corrected chi connectivity index (χ1v) is 7.40. The van der Waals surface area contributed by atoms with Crippen LogP contribution < -0.4 is 5.32 Å². The van der Waals surface area contributed by atoms with Crippen LogP contribution in [0, 0.1) is 5.92 Å². The summed E-state index contributed by atoms with van der Waals surface area (Å²) in [5.74, 6) is 2.05. The molecule has 0 bridgehead atoms. The molecule has 4 nitrogen and oxygen atoms in total. The maximum absolute atomic E-state index is 4.72. The van der Waals surface area contributed by atoms with Crippen LogP contribution in [0.1, 0.15) is 38.2 Å². The molecule has 1 aromatic heterocycles. The highest BCUT2D eigenvalue weighted by Crippen LogP contribution is 2.14. The van der Waals surface area contributed by atoms with Crippen LogP contribution in [0.25, 0.3) is 0 Å². The van der Waals surface area contributed by atoms with Gasteiger partial charge in [0.15, 0.2) is 0 Å². The summed E-state index contributed by atoms with van der Waals surface area (Å²) in [4.78, 5) is 11.7. The average molecular weight is 262 g/mol. The molecule has 1 aliphatic heterocycles. The molecular weight excluding hydrogens is 236 g/mol. The highest BCUT2D eigenvalue weighted by Gasteiger charge is 2.16. The van der Waals surface area contributed by atoms with Crippen LogP contribution in [0.2, 0.25) is 0 Å². The molecule has 0 radical (unpaired) electrons. The molecule has 0 aromatic carbocycles. The lowest BCUT2D eigenvalue weighted by molar-refractivity contribution is 0.228. The van der Waals surface area contributed by atoms with Gasteiger partial charge in [0, 0.05) is 50.5 Å². The highest BCUT2D eigenvalue weighted by atomic mass is 15.2. The first kappa shape index (κ1) is 14.4. The highest BCUT2D eigenvalue weighted by molar-refractivity contribution is 5.06. The van der Waals surface area contributed by atoms with Gasteiger partial charge in [-0.3, -0.25) is 0 Å². The Kier molecular flexibility index (Phi) is 5.28. The Hall–Kier alpha value is -1.00. The summed E-state index contributed by atoms with van der Waals surface area (Å²) in [5.41, 5.74) is 1.17. The lowest BCUT2D eigenvalue weighted by Crippen LogP contribution is -2.44. The van der Waals surface area contributed by atoms with E-state index in [-0.39, 0.29) is 0 Å². The van der Waals surface area contributed by atoms with Crippen LogP contribution in [0.15, 0.2) is 12.3 Å². The Morgan fingerprint density at radius 1 is 1.26 bits per heavy atom. The predicted octanol–water partition coefficient (Wildman–Crippen LogP) is 1.68. The van der Waals surface area contributed by atoms with Gasteiger partial charge < -0.3 is 10.2 Å². The first-order valence-electron chi connectivity index (χ1n) is 7.40. The standard InChI is InChI=1S/C15H26N4/c1-12(2)10-14-4-5-17-15(18-14)13(3)11-19-8-6-16-7-9-19/h4-5,12-13,16H,6-11H2,1-3H3. The van der Waals surface area contributed by atoms with Crippen LogP contribution in [0.3, 0.4) is 0 Å². The smallest absolute Gasteiger partial charge is 0.132 e. The van der Waals surface area contributed by atoms with Gasteiger partial charge in [-0.25, -0.2) is 9.97 Å². The Morgan fingerprint density at radius 2 is 2.00 bits per heavy atom. The van der Waals surface area contributed by atoms with Gasteiger partial charge in [0.1, 0.15) is 5.82 Å². The van der Waals surface area contributed by atoms with E-state index in [0.29, 0.717) is 11.8 Å². The molecule has 1 aliphatic rings. The van der Waals surface area contributed by atoms with Crippen molar-refractivity contribution in [2.45, 2.75) is 33.1 Å². The SMILES string of the molecule is CC(C)Cc1ccnc(C(C)CN2CCNCC2)n1. The second-order valence-corrected chi connectivity index (χ2v) is 5.96. The van der Waals surface area contributed by atoms with E-state index in [2.05, 4.69) is 36.0 Å². The summed E-state index contributed by atoms with van der Waals surface area (Å²) in [5, 5.41) is 3.39. The van der Waals surface area contributed by atoms with Gasteiger partial charge in [-0.15, -0.1) is 0 Å². The van der Waals surface area contributed by atoms with Crippen molar-refractivity contribution in [1.29, 1.82) is 0 Å². The van der Waals surface area contributed by atoms with E-state index >= 15 is 0 Å². The lowest BCUT2D eigenvalue weighted by atomic mass is 10.1. The summed E-state index contributed by atoms with van der Waals surface area (Å²) < 4.78 is 0. The van der Waals surface area contributed by atoms with E-state index in [1.807, 2.05) is 12.3 Å². The molecular formula is C15H26N4. The van der Waals surface area contributed by atoms with Gasteiger partial charge in [-0.05, 0) is 18.4 Å². The molecule has 0 aliphatic carbocycles. The topological polar surface area (TPSA) is 41.1 Å². The third kappa shape index (κ3) is 4.55. The molecule has 2 rings (SSSR count). The number of nitrogens with zero attached hydrogens (tertiary/aromatic N) is 3. The van der Waals surface area contributed by atoms with Crippen LogP contribution in [0.4, 0.5) is 0 Å². The van der Waals surface area contributed by atoms with Crippen molar-refractivity contribution in [1.82, 2.24) is 20.2 Å². The minimum absolute atomic E-state index is 0.408. The summed E-state index contributed by atoms with van der Waals surface area (Å²) in [6.45, 7) is 12.2. The van der Waals surface area contributed by atoms with Crippen molar-refractivity contribution in [3.05, 3.63) is 23.8 Å². The molecule has 1 fully saturated rings. The monoisotopic (exact) mass is 262 g/mol. The van der Waals surface area contributed by atoms with E-state index in [9.17, 15) is 0 Å². The number of piperazine rings is 1. The van der Waals surface area contributed by atoms with Crippen LogP contribution >= 0.6 is 0 Å². The zero-order chi connectivity index (χ0) is 13.7. The summed E-state index contributed by atoms with van der Waals surface area (Å²) >= 11 is 0. The largest absolute Gasteiger partial charge is 0.314 e. The van der Waals surface area contributed by atoms with Gasteiger partial charge in [0.25, 0.3) is 0 Å². The number of nitrogens with one attached hydrogen (secondary N) is 1. The molecule has 4 heteroatoms. The molecule has 0 amide bonds. The Bertz CT molecular complexity index is 385. The van der Waals surface area contributed by atoms with Gasteiger partial charge in [0.05, 0.1) is 0 Å². The van der Waals surface area contributed by atoms with Gasteiger partial charge >= 0.3 is 0 Å². The van der Waals surface area contributed by atoms with Crippen LogP contribution in [0.5, 0.6) is 0 Å². The fourth-order valence-corrected chi connectivity index (χ4v) is 2.55. The number of aromatic nitrogens is 2. The minimum Gasteiger partial charge on any atom is -0.314 e. The van der Waals surface area contributed by atoms with Gasteiger partial charge in [0.2, 0.25) is 0 Å². The maximum atomic E-state index is 4.72. The van der Waals surface area contributed by atoms with E-state index in [4.69, 9.17) is 4.98 Å². The first-order chi connectivity index (χ1) is 9.15. The maximum Gasteiger partial charge on any atom is 0.132 e. The van der Waals surface area contributed by atoms with E-state index in [1.165, 1.54) is 5.69 Å². The van der Waals surface area contributed by atoms with Crippen molar-refractivity contribution >= 4 is 0 Å². The number of rotatable bonds is 5. The third-order valence-corrected chi connectivity index (χ3v) is 3.53. The Morgan fingerprint density at radius 3 is 2.68 bits per heavy atom. The van der Waals surface area contributed by atoms with Crippen LogP contribution in [-0.2, 0) is 6.42 Å².